The highest BCUT2D eigenvalue weighted by Gasteiger charge is 2.27. The maximum Gasteiger partial charge on any atom is 0.328 e. The zero-order valence-corrected chi connectivity index (χ0v) is 15.0. The Bertz CT molecular complexity index is 635. The number of halogens is 1. The number of esters is 1. The third-order valence-electron chi connectivity index (χ3n) is 3.29. The van der Waals surface area contributed by atoms with Crippen molar-refractivity contribution in [3.05, 3.63) is 38.9 Å². The van der Waals surface area contributed by atoms with Gasteiger partial charge in [-0.2, -0.15) is 0 Å². The lowest BCUT2D eigenvalue weighted by Crippen LogP contribution is -2.45. The summed E-state index contributed by atoms with van der Waals surface area (Å²) in [6.45, 7) is 6.18. The summed E-state index contributed by atoms with van der Waals surface area (Å²) < 4.78 is 10.2. The van der Waals surface area contributed by atoms with Gasteiger partial charge >= 0.3 is 5.97 Å². The molecule has 0 aliphatic rings. The van der Waals surface area contributed by atoms with Crippen LogP contribution in [0.2, 0.25) is 5.02 Å². The first-order valence-electron chi connectivity index (χ1n) is 7.77. The monoisotopic (exact) mass is 372 g/mol. The number of amides is 1. The summed E-state index contributed by atoms with van der Waals surface area (Å²) in [6.07, 6.45) is 0. The van der Waals surface area contributed by atoms with Crippen molar-refractivity contribution in [2.45, 2.75) is 26.8 Å². The number of nitro groups is 1. The van der Waals surface area contributed by atoms with Gasteiger partial charge in [0.05, 0.1) is 11.5 Å². The van der Waals surface area contributed by atoms with Crippen molar-refractivity contribution >= 4 is 29.2 Å². The highest BCUT2D eigenvalue weighted by Crippen LogP contribution is 2.25. The Morgan fingerprint density at radius 1 is 1.32 bits per heavy atom. The van der Waals surface area contributed by atoms with Crippen LogP contribution in [-0.2, 0) is 14.3 Å². The molecule has 9 heteroatoms. The van der Waals surface area contributed by atoms with Gasteiger partial charge in [0.1, 0.15) is 17.7 Å². The molecule has 0 aromatic heterocycles. The molecule has 0 bridgehead atoms. The van der Waals surface area contributed by atoms with Crippen LogP contribution in [0.5, 0.6) is 0 Å². The zero-order chi connectivity index (χ0) is 19.0. The third kappa shape index (κ3) is 6.32. The molecule has 0 fully saturated rings. The van der Waals surface area contributed by atoms with E-state index in [1.165, 1.54) is 12.1 Å². The van der Waals surface area contributed by atoms with E-state index in [0.29, 0.717) is 6.61 Å². The Morgan fingerprint density at radius 3 is 2.56 bits per heavy atom. The molecular weight excluding hydrogens is 352 g/mol. The quantitative estimate of drug-likeness (QED) is 0.309. The van der Waals surface area contributed by atoms with Gasteiger partial charge in [0.2, 0.25) is 0 Å². The number of nitrogens with zero attached hydrogens (tertiary/aromatic N) is 1. The third-order valence-corrected chi connectivity index (χ3v) is 3.61. The Kier molecular flexibility index (Phi) is 8.30. The molecule has 1 amide bonds. The van der Waals surface area contributed by atoms with Crippen molar-refractivity contribution < 1.29 is 24.0 Å². The van der Waals surface area contributed by atoms with Gasteiger partial charge < -0.3 is 14.8 Å². The number of carbonyl (C=O) groups is 2. The molecule has 25 heavy (non-hydrogen) atoms. The SMILES string of the molecule is CCOCCOC(=O)[C@@H](NC(=O)c1ccc(Cl)c([N+](=O)[O-])c1)C(C)C. The van der Waals surface area contributed by atoms with Crippen molar-refractivity contribution in [2.24, 2.45) is 5.92 Å². The first kappa shape index (κ1) is 20.9. The first-order valence-corrected chi connectivity index (χ1v) is 8.14. The molecule has 0 radical (unpaired) electrons. The fourth-order valence-electron chi connectivity index (χ4n) is 1.95. The average Bonchev–Trinajstić information content (AvgIpc) is 2.56. The van der Waals surface area contributed by atoms with Crippen molar-refractivity contribution in [2.75, 3.05) is 19.8 Å². The molecule has 0 saturated carbocycles. The van der Waals surface area contributed by atoms with Gasteiger partial charge in [0.15, 0.2) is 0 Å². The lowest BCUT2D eigenvalue weighted by molar-refractivity contribution is -0.384. The van der Waals surface area contributed by atoms with E-state index in [4.69, 9.17) is 21.1 Å². The second-order valence-corrected chi connectivity index (χ2v) is 5.89. The van der Waals surface area contributed by atoms with Crippen molar-refractivity contribution in [1.29, 1.82) is 0 Å². The number of carbonyl (C=O) groups excluding carboxylic acids is 2. The molecule has 0 aliphatic heterocycles. The fraction of sp³-hybridized carbons (Fsp3) is 0.500. The molecule has 0 spiro atoms. The van der Waals surface area contributed by atoms with E-state index >= 15 is 0 Å². The average molecular weight is 373 g/mol. The van der Waals surface area contributed by atoms with Crippen molar-refractivity contribution in [1.82, 2.24) is 5.32 Å². The minimum atomic E-state index is -0.885. The number of nitrogens with one attached hydrogen (secondary N) is 1. The number of benzene rings is 1. The minimum Gasteiger partial charge on any atom is -0.462 e. The van der Waals surface area contributed by atoms with Crippen LogP contribution in [0.3, 0.4) is 0 Å². The highest BCUT2D eigenvalue weighted by molar-refractivity contribution is 6.32. The number of ether oxygens (including phenoxy) is 2. The standard InChI is InChI=1S/C16H21ClN2O6/c1-4-24-7-8-25-16(21)14(10(2)3)18-15(20)11-5-6-12(17)13(9-11)19(22)23/h5-6,9-10,14H,4,7-8H2,1-3H3,(H,18,20)/t14-/m0/s1. The van der Waals surface area contributed by atoms with Crippen LogP contribution < -0.4 is 5.32 Å². The topological polar surface area (TPSA) is 108 Å². The predicted molar refractivity (Wildman–Crippen MR) is 91.7 cm³/mol. The summed E-state index contributed by atoms with van der Waals surface area (Å²) in [5.74, 6) is -1.45. The van der Waals surface area contributed by atoms with Crippen molar-refractivity contribution in [3.63, 3.8) is 0 Å². The molecular formula is C16H21ClN2O6. The molecule has 1 aromatic rings. The van der Waals surface area contributed by atoms with E-state index in [0.717, 1.165) is 6.07 Å². The molecule has 8 nitrogen and oxygen atoms in total. The van der Waals surface area contributed by atoms with E-state index in [-0.39, 0.29) is 35.4 Å². The maximum atomic E-state index is 12.3. The summed E-state index contributed by atoms with van der Waals surface area (Å²) >= 11 is 5.73. The van der Waals surface area contributed by atoms with Crippen LogP contribution in [-0.4, -0.2) is 42.7 Å². The zero-order valence-electron chi connectivity index (χ0n) is 14.3. The number of rotatable bonds is 9. The summed E-state index contributed by atoms with van der Waals surface area (Å²) in [4.78, 5) is 34.7. The second kappa shape index (κ2) is 9.95. The predicted octanol–water partition coefficient (Wildman–Crippen LogP) is 2.58. The lowest BCUT2D eigenvalue weighted by atomic mass is 10.0. The molecule has 1 atom stereocenters. The van der Waals surface area contributed by atoms with E-state index in [9.17, 15) is 19.7 Å². The largest absolute Gasteiger partial charge is 0.462 e. The number of hydrogen-bond acceptors (Lipinski definition) is 6. The van der Waals surface area contributed by atoms with E-state index in [2.05, 4.69) is 5.32 Å². The Labute approximate surface area is 150 Å². The molecule has 1 rings (SSSR count). The van der Waals surface area contributed by atoms with Gasteiger partial charge in [-0.05, 0) is 25.0 Å². The maximum absolute atomic E-state index is 12.3. The van der Waals surface area contributed by atoms with Crippen LogP contribution in [0.4, 0.5) is 5.69 Å². The Hall–Kier alpha value is -2.19. The van der Waals surface area contributed by atoms with Gasteiger partial charge in [-0.3, -0.25) is 14.9 Å². The summed E-state index contributed by atoms with van der Waals surface area (Å²) in [5, 5.41) is 13.4. The fourth-order valence-corrected chi connectivity index (χ4v) is 2.14. The molecule has 0 aliphatic carbocycles. The summed E-state index contributed by atoms with van der Waals surface area (Å²) in [6, 6.07) is 2.79. The summed E-state index contributed by atoms with van der Waals surface area (Å²) in [7, 11) is 0. The van der Waals surface area contributed by atoms with Crippen LogP contribution >= 0.6 is 11.6 Å². The smallest absolute Gasteiger partial charge is 0.328 e. The molecule has 0 heterocycles. The Balaban J connectivity index is 2.81. The molecule has 1 N–H and O–H groups in total. The molecule has 0 unspecified atom stereocenters. The van der Waals surface area contributed by atoms with Gasteiger partial charge in [-0.25, -0.2) is 4.79 Å². The second-order valence-electron chi connectivity index (χ2n) is 5.48. The van der Waals surface area contributed by atoms with Gasteiger partial charge in [-0.15, -0.1) is 0 Å². The van der Waals surface area contributed by atoms with Crippen LogP contribution in [0.15, 0.2) is 18.2 Å². The lowest BCUT2D eigenvalue weighted by Gasteiger charge is -2.21. The summed E-state index contributed by atoms with van der Waals surface area (Å²) in [5.41, 5.74) is -0.349. The normalized spacial score (nSPS) is 11.9. The first-order chi connectivity index (χ1) is 11.8. The molecule has 0 saturated heterocycles. The van der Waals surface area contributed by atoms with E-state index in [1.807, 2.05) is 6.92 Å². The van der Waals surface area contributed by atoms with Crippen LogP contribution in [0, 0.1) is 16.0 Å². The van der Waals surface area contributed by atoms with Crippen LogP contribution in [0.1, 0.15) is 31.1 Å². The number of hydrogen-bond donors (Lipinski definition) is 1. The highest BCUT2D eigenvalue weighted by atomic mass is 35.5. The van der Waals surface area contributed by atoms with E-state index < -0.39 is 22.8 Å². The molecule has 138 valence electrons. The molecule has 1 aromatic carbocycles. The minimum absolute atomic E-state index is 0.0314. The van der Waals surface area contributed by atoms with Crippen LogP contribution in [0.25, 0.3) is 0 Å². The number of nitro benzene ring substituents is 1. The Morgan fingerprint density at radius 2 is 2.00 bits per heavy atom. The van der Waals surface area contributed by atoms with Gasteiger partial charge in [-0.1, -0.05) is 25.4 Å². The van der Waals surface area contributed by atoms with E-state index in [1.54, 1.807) is 13.8 Å². The van der Waals surface area contributed by atoms with Gasteiger partial charge in [0.25, 0.3) is 11.6 Å². The van der Waals surface area contributed by atoms with Crippen molar-refractivity contribution in [3.8, 4) is 0 Å². The van der Waals surface area contributed by atoms with Gasteiger partial charge in [0, 0.05) is 18.2 Å².